The fourth-order valence-corrected chi connectivity index (χ4v) is 2.56. The van der Waals surface area contributed by atoms with Crippen molar-refractivity contribution >= 4 is 11.9 Å². The molecule has 0 aromatic heterocycles. The molecule has 1 saturated carbocycles. The van der Waals surface area contributed by atoms with Crippen LogP contribution in [0.25, 0.3) is 0 Å². The van der Waals surface area contributed by atoms with E-state index in [0.29, 0.717) is 26.2 Å². The van der Waals surface area contributed by atoms with Crippen molar-refractivity contribution in [2.45, 2.75) is 45.4 Å². The Balaban J connectivity index is 2.41. The number of carbonyl (C=O) groups is 2. The van der Waals surface area contributed by atoms with E-state index in [1.54, 1.807) is 11.9 Å². The summed E-state index contributed by atoms with van der Waals surface area (Å²) < 4.78 is 5.36. The molecule has 0 aromatic carbocycles. The molecular formula is C14H25NO4. The summed E-state index contributed by atoms with van der Waals surface area (Å²) in [4.78, 5) is 24.6. The highest BCUT2D eigenvalue weighted by molar-refractivity contribution is 5.83. The summed E-state index contributed by atoms with van der Waals surface area (Å²) in [6.07, 6.45) is 4.37. The number of nitrogens with zero attached hydrogens (tertiary/aromatic N) is 1. The molecule has 19 heavy (non-hydrogen) atoms. The van der Waals surface area contributed by atoms with E-state index in [9.17, 15) is 9.59 Å². The van der Waals surface area contributed by atoms with E-state index in [4.69, 9.17) is 9.84 Å². The Bertz CT molecular complexity index is 313. The number of hydrogen-bond acceptors (Lipinski definition) is 3. The van der Waals surface area contributed by atoms with Crippen LogP contribution in [0.2, 0.25) is 0 Å². The van der Waals surface area contributed by atoms with Crippen molar-refractivity contribution in [1.29, 1.82) is 0 Å². The number of hydrogen-bond donors (Lipinski definition) is 1. The van der Waals surface area contributed by atoms with Gasteiger partial charge in [0.25, 0.3) is 0 Å². The molecule has 1 N–H and O–H groups in total. The van der Waals surface area contributed by atoms with Crippen LogP contribution in [-0.4, -0.2) is 48.7 Å². The van der Waals surface area contributed by atoms with Gasteiger partial charge >= 0.3 is 5.97 Å². The Morgan fingerprint density at radius 2 is 2.05 bits per heavy atom. The molecule has 1 aliphatic carbocycles. The predicted octanol–water partition coefficient (Wildman–Crippen LogP) is 1.91. The maximum absolute atomic E-state index is 12.4. The number of amides is 1. The number of ether oxygens (including phenoxy) is 1. The van der Waals surface area contributed by atoms with E-state index >= 15 is 0 Å². The first-order valence-electron chi connectivity index (χ1n) is 7.07. The van der Waals surface area contributed by atoms with Gasteiger partial charge in [-0.2, -0.15) is 0 Å². The zero-order chi connectivity index (χ0) is 14.3. The van der Waals surface area contributed by atoms with Crippen molar-refractivity contribution in [3.63, 3.8) is 0 Å². The second-order valence-electron chi connectivity index (χ2n) is 5.30. The van der Waals surface area contributed by atoms with Gasteiger partial charge in [0.15, 0.2) is 0 Å². The Kier molecular flexibility index (Phi) is 6.28. The van der Waals surface area contributed by atoms with E-state index in [0.717, 1.165) is 25.7 Å². The maximum atomic E-state index is 12.4. The van der Waals surface area contributed by atoms with Crippen LogP contribution in [-0.2, 0) is 14.3 Å². The summed E-state index contributed by atoms with van der Waals surface area (Å²) in [6, 6.07) is 0. The Labute approximate surface area is 114 Å². The van der Waals surface area contributed by atoms with Crippen LogP contribution in [0.3, 0.4) is 0 Å². The predicted molar refractivity (Wildman–Crippen MR) is 71.9 cm³/mol. The van der Waals surface area contributed by atoms with Crippen molar-refractivity contribution < 1.29 is 19.4 Å². The normalized spacial score (nSPS) is 16.7. The van der Waals surface area contributed by atoms with Crippen molar-refractivity contribution in [2.24, 2.45) is 5.41 Å². The molecule has 1 aliphatic rings. The molecule has 0 aromatic rings. The van der Waals surface area contributed by atoms with Gasteiger partial charge in [0, 0.05) is 33.2 Å². The Morgan fingerprint density at radius 1 is 1.37 bits per heavy atom. The number of aliphatic carboxylic acids is 1. The van der Waals surface area contributed by atoms with Gasteiger partial charge in [-0.1, -0.05) is 6.42 Å². The van der Waals surface area contributed by atoms with Gasteiger partial charge in [-0.3, -0.25) is 9.59 Å². The highest BCUT2D eigenvalue weighted by atomic mass is 16.5. The molecule has 0 saturated heterocycles. The van der Waals surface area contributed by atoms with Gasteiger partial charge in [0.05, 0.1) is 5.41 Å². The molecule has 1 rings (SSSR count). The minimum atomic E-state index is -0.810. The molecule has 0 bridgehead atoms. The summed E-state index contributed by atoms with van der Waals surface area (Å²) in [5.41, 5.74) is -0.243. The molecule has 0 spiro atoms. The standard InChI is InChI=1S/C14H25NO4/c1-3-19-11-9-14(7-5-8-14)13(18)15(2)10-4-6-12(16)17/h3-11H2,1-2H3,(H,16,17). The molecule has 0 heterocycles. The lowest BCUT2D eigenvalue weighted by Crippen LogP contribution is -2.47. The van der Waals surface area contributed by atoms with Crippen LogP contribution in [0.5, 0.6) is 0 Å². The van der Waals surface area contributed by atoms with E-state index in [2.05, 4.69) is 0 Å². The smallest absolute Gasteiger partial charge is 0.303 e. The SMILES string of the molecule is CCOCCC1(C(=O)N(C)CCCC(=O)O)CCC1. The number of rotatable bonds is 9. The summed E-state index contributed by atoms with van der Waals surface area (Å²) in [6.45, 7) is 3.78. The molecule has 0 unspecified atom stereocenters. The molecule has 1 fully saturated rings. The lowest BCUT2D eigenvalue weighted by Gasteiger charge is -2.42. The molecule has 0 atom stereocenters. The average Bonchev–Trinajstić information content (AvgIpc) is 2.31. The first kappa shape index (κ1) is 16.0. The van der Waals surface area contributed by atoms with Crippen molar-refractivity contribution in [3.05, 3.63) is 0 Å². The molecule has 110 valence electrons. The molecule has 0 aliphatic heterocycles. The van der Waals surface area contributed by atoms with Gasteiger partial charge in [-0.05, 0) is 32.6 Å². The summed E-state index contributed by atoms with van der Waals surface area (Å²) in [7, 11) is 1.77. The minimum Gasteiger partial charge on any atom is -0.481 e. The first-order chi connectivity index (χ1) is 9.02. The van der Waals surface area contributed by atoms with Crippen LogP contribution >= 0.6 is 0 Å². The van der Waals surface area contributed by atoms with Gasteiger partial charge < -0.3 is 14.7 Å². The number of carboxylic acids is 1. The van der Waals surface area contributed by atoms with Gasteiger partial charge in [-0.15, -0.1) is 0 Å². The summed E-state index contributed by atoms with van der Waals surface area (Å²) >= 11 is 0. The maximum Gasteiger partial charge on any atom is 0.303 e. The third kappa shape index (κ3) is 4.49. The van der Waals surface area contributed by atoms with Crippen LogP contribution in [0.1, 0.15) is 45.4 Å². The van der Waals surface area contributed by atoms with Gasteiger partial charge in [-0.25, -0.2) is 0 Å². The van der Waals surface area contributed by atoms with E-state index in [1.807, 2.05) is 6.92 Å². The van der Waals surface area contributed by atoms with Crippen molar-refractivity contribution in [1.82, 2.24) is 4.90 Å². The zero-order valence-electron chi connectivity index (χ0n) is 12.0. The molecule has 0 radical (unpaired) electrons. The van der Waals surface area contributed by atoms with Crippen molar-refractivity contribution in [2.75, 3.05) is 26.8 Å². The monoisotopic (exact) mass is 271 g/mol. The number of carbonyl (C=O) groups excluding carboxylic acids is 1. The van der Waals surface area contributed by atoms with E-state index < -0.39 is 5.97 Å². The highest BCUT2D eigenvalue weighted by Crippen LogP contribution is 2.45. The Morgan fingerprint density at radius 3 is 2.53 bits per heavy atom. The molecule has 5 heteroatoms. The first-order valence-corrected chi connectivity index (χ1v) is 7.07. The Hall–Kier alpha value is -1.10. The minimum absolute atomic E-state index is 0.115. The third-order valence-corrected chi connectivity index (χ3v) is 3.92. The van der Waals surface area contributed by atoms with E-state index in [-0.39, 0.29) is 17.7 Å². The molecule has 5 nitrogen and oxygen atoms in total. The fourth-order valence-electron chi connectivity index (χ4n) is 2.56. The summed E-state index contributed by atoms with van der Waals surface area (Å²) in [5.74, 6) is -0.653. The topological polar surface area (TPSA) is 66.8 Å². The lowest BCUT2D eigenvalue weighted by atomic mass is 9.66. The fraction of sp³-hybridized carbons (Fsp3) is 0.857. The van der Waals surface area contributed by atoms with E-state index in [1.165, 1.54) is 0 Å². The second kappa shape index (κ2) is 7.48. The quantitative estimate of drug-likeness (QED) is 0.650. The van der Waals surface area contributed by atoms with Crippen LogP contribution in [0, 0.1) is 5.41 Å². The highest BCUT2D eigenvalue weighted by Gasteiger charge is 2.44. The van der Waals surface area contributed by atoms with Crippen LogP contribution < -0.4 is 0 Å². The molecular weight excluding hydrogens is 246 g/mol. The lowest BCUT2D eigenvalue weighted by molar-refractivity contribution is -0.148. The number of carboxylic acid groups (broad SMARTS) is 1. The summed E-state index contributed by atoms with van der Waals surface area (Å²) in [5, 5.41) is 8.61. The van der Waals surface area contributed by atoms with Crippen LogP contribution in [0.15, 0.2) is 0 Å². The van der Waals surface area contributed by atoms with Crippen LogP contribution in [0.4, 0.5) is 0 Å². The van der Waals surface area contributed by atoms with Crippen molar-refractivity contribution in [3.8, 4) is 0 Å². The average molecular weight is 271 g/mol. The third-order valence-electron chi connectivity index (χ3n) is 3.92. The zero-order valence-corrected chi connectivity index (χ0v) is 12.0. The second-order valence-corrected chi connectivity index (χ2v) is 5.30. The van der Waals surface area contributed by atoms with Gasteiger partial charge in [0.2, 0.25) is 5.91 Å². The van der Waals surface area contributed by atoms with Gasteiger partial charge in [0.1, 0.15) is 0 Å². The largest absolute Gasteiger partial charge is 0.481 e. The molecule has 1 amide bonds.